The Balaban J connectivity index is 2.25. The average Bonchev–Trinajstić information content (AvgIpc) is 2.46. The number of aromatic hydroxyl groups is 1. The smallest absolute Gasteiger partial charge is 0.342 e. The zero-order valence-corrected chi connectivity index (χ0v) is 14.1. The number of carbonyl (C=O) groups is 1. The van der Waals surface area contributed by atoms with Gasteiger partial charge in [-0.2, -0.15) is 0 Å². The van der Waals surface area contributed by atoms with Crippen molar-refractivity contribution < 1.29 is 29.2 Å². The lowest BCUT2D eigenvalue weighted by molar-refractivity contribution is -0.264. The van der Waals surface area contributed by atoms with Crippen LogP contribution in [0.4, 0.5) is 0 Å². The Hall–Kier alpha value is -1.63. The molecule has 1 aromatic carbocycles. The van der Waals surface area contributed by atoms with Crippen molar-refractivity contribution in [1.82, 2.24) is 0 Å². The molecule has 1 fully saturated rings. The van der Waals surface area contributed by atoms with E-state index >= 15 is 0 Å². The van der Waals surface area contributed by atoms with Crippen molar-refractivity contribution in [3.63, 3.8) is 0 Å². The molecule has 128 valence electrons. The van der Waals surface area contributed by atoms with Crippen LogP contribution in [0.1, 0.15) is 41.8 Å². The molecule has 6 nitrogen and oxygen atoms in total. The molecule has 0 unspecified atom stereocenters. The first-order valence-corrected chi connectivity index (χ1v) is 7.58. The van der Waals surface area contributed by atoms with Crippen LogP contribution in [0.15, 0.2) is 12.1 Å². The highest BCUT2D eigenvalue weighted by atomic mass is 16.7. The van der Waals surface area contributed by atoms with E-state index in [1.165, 1.54) is 7.11 Å². The number of ether oxygens (including phenoxy) is 3. The van der Waals surface area contributed by atoms with Crippen LogP contribution in [0.5, 0.6) is 5.75 Å². The molecular formula is C17H24O6. The van der Waals surface area contributed by atoms with E-state index in [0.29, 0.717) is 11.1 Å². The molecule has 0 spiro atoms. The Morgan fingerprint density at radius 3 is 2.52 bits per heavy atom. The number of benzene rings is 1. The van der Waals surface area contributed by atoms with Crippen molar-refractivity contribution in [3.05, 3.63) is 28.8 Å². The molecule has 2 N–H and O–H groups in total. The minimum absolute atomic E-state index is 0.103. The molecule has 1 aliphatic heterocycles. The Kier molecular flexibility index (Phi) is 4.98. The SMILES string of the molecule is CO[C@H]1C[C@@](C)(O)[C@H](OC(=O)c2c(C)ccc(C)c2O)[C@H](C)O1. The molecule has 23 heavy (non-hydrogen) atoms. The maximum atomic E-state index is 12.5. The lowest BCUT2D eigenvalue weighted by Gasteiger charge is -2.43. The second-order valence-electron chi connectivity index (χ2n) is 6.32. The molecule has 1 saturated heterocycles. The predicted molar refractivity (Wildman–Crippen MR) is 83.4 cm³/mol. The Morgan fingerprint density at radius 2 is 1.96 bits per heavy atom. The number of rotatable bonds is 3. The molecule has 1 aliphatic rings. The quantitative estimate of drug-likeness (QED) is 0.828. The number of aliphatic hydroxyl groups is 1. The van der Waals surface area contributed by atoms with Crippen LogP contribution >= 0.6 is 0 Å². The zero-order chi connectivity index (χ0) is 17.4. The first-order chi connectivity index (χ1) is 10.7. The topological polar surface area (TPSA) is 85.2 Å². The summed E-state index contributed by atoms with van der Waals surface area (Å²) in [5.74, 6) is -0.783. The third-order valence-corrected chi connectivity index (χ3v) is 4.27. The first kappa shape index (κ1) is 17.7. The molecule has 0 aromatic heterocycles. The summed E-state index contributed by atoms with van der Waals surface area (Å²) in [5, 5.41) is 20.7. The fourth-order valence-electron chi connectivity index (χ4n) is 2.91. The van der Waals surface area contributed by atoms with Gasteiger partial charge in [-0.3, -0.25) is 0 Å². The predicted octanol–water partition coefficient (Wildman–Crippen LogP) is 2.07. The highest BCUT2D eigenvalue weighted by Crippen LogP contribution is 2.33. The number of carbonyl (C=O) groups excluding carboxylic acids is 1. The van der Waals surface area contributed by atoms with Gasteiger partial charge < -0.3 is 24.4 Å². The molecule has 6 heteroatoms. The minimum Gasteiger partial charge on any atom is -0.507 e. The summed E-state index contributed by atoms with van der Waals surface area (Å²) < 4.78 is 16.2. The zero-order valence-electron chi connectivity index (χ0n) is 14.1. The van der Waals surface area contributed by atoms with Crippen molar-refractivity contribution in [2.45, 2.75) is 58.2 Å². The van der Waals surface area contributed by atoms with E-state index in [9.17, 15) is 15.0 Å². The standard InChI is InChI=1S/C17H24O6/c1-9-6-7-10(2)14(18)13(9)16(19)23-15-11(3)22-12(21-5)8-17(15,4)20/h6-7,11-12,15,18,20H,8H2,1-5H3/t11-,12+,15+,17+/m0/s1. The van der Waals surface area contributed by atoms with Gasteiger partial charge in [-0.25, -0.2) is 4.79 Å². The summed E-state index contributed by atoms with van der Waals surface area (Å²) in [7, 11) is 1.49. The molecule has 1 aromatic rings. The maximum Gasteiger partial charge on any atom is 0.342 e. The van der Waals surface area contributed by atoms with Crippen molar-refractivity contribution in [2.24, 2.45) is 0 Å². The summed E-state index contributed by atoms with van der Waals surface area (Å²) in [4.78, 5) is 12.5. The number of methoxy groups -OCH3 is 1. The minimum atomic E-state index is -1.29. The van der Waals surface area contributed by atoms with Gasteiger partial charge in [0.1, 0.15) is 16.9 Å². The monoisotopic (exact) mass is 324 g/mol. The van der Waals surface area contributed by atoms with Crippen LogP contribution in [-0.4, -0.2) is 47.4 Å². The van der Waals surface area contributed by atoms with Crippen LogP contribution in [0.25, 0.3) is 0 Å². The van der Waals surface area contributed by atoms with Gasteiger partial charge >= 0.3 is 5.97 Å². The van der Waals surface area contributed by atoms with Gasteiger partial charge in [0, 0.05) is 13.5 Å². The van der Waals surface area contributed by atoms with Gasteiger partial charge in [0.25, 0.3) is 0 Å². The first-order valence-electron chi connectivity index (χ1n) is 7.58. The molecule has 0 amide bonds. The third-order valence-electron chi connectivity index (χ3n) is 4.27. The van der Waals surface area contributed by atoms with Gasteiger partial charge in [0.2, 0.25) is 0 Å². The van der Waals surface area contributed by atoms with E-state index < -0.39 is 30.1 Å². The van der Waals surface area contributed by atoms with Gasteiger partial charge in [-0.05, 0) is 38.8 Å². The van der Waals surface area contributed by atoms with Crippen LogP contribution in [0, 0.1) is 13.8 Å². The summed E-state index contributed by atoms with van der Waals surface area (Å²) in [6.07, 6.45) is -1.77. The second kappa shape index (κ2) is 6.47. The van der Waals surface area contributed by atoms with Crippen LogP contribution in [-0.2, 0) is 14.2 Å². The Labute approximate surface area is 136 Å². The lowest BCUT2D eigenvalue weighted by atomic mass is 9.88. The van der Waals surface area contributed by atoms with Crippen LogP contribution in [0.2, 0.25) is 0 Å². The molecule has 0 aliphatic carbocycles. The summed E-state index contributed by atoms with van der Waals surface area (Å²) in [5.41, 5.74) is 0.0157. The Morgan fingerprint density at radius 1 is 1.35 bits per heavy atom. The van der Waals surface area contributed by atoms with E-state index in [-0.39, 0.29) is 17.7 Å². The van der Waals surface area contributed by atoms with Gasteiger partial charge in [-0.1, -0.05) is 12.1 Å². The number of aryl methyl sites for hydroxylation is 2. The van der Waals surface area contributed by atoms with E-state index in [2.05, 4.69) is 0 Å². The van der Waals surface area contributed by atoms with Crippen LogP contribution in [0.3, 0.4) is 0 Å². The normalized spacial score (nSPS) is 31.0. The highest BCUT2D eigenvalue weighted by molar-refractivity contribution is 5.94. The number of esters is 1. The van der Waals surface area contributed by atoms with Crippen molar-refractivity contribution in [3.8, 4) is 5.75 Å². The van der Waals surface area contributed by atoms with E-state index in [0.717, 1.165) is 0 Å². The molecular weight excluding hydrogens is 300 g/mol. The highest BCUT2D eigenvalue weighted by Gasteiger charge is 2.47. The molecule has 0 radical (unpaired) electrons. The number of hydrogen-bond donors (Lipinski definition) is 2. The Bertz CT molecular complexity index is 595. The van der Waals surface area contributed by atoms with E-state index in [4.69, 9.17) is 14.2 Å². The van der Waals surface area contributed by atoms with Crippen LogP contribution < -0.4 is 0 Å². The summed E-state index contributed by atoms with van der Waals surface area (Å²) in [6, 6.07) is 3.47. The number of hydrogen-bond acceptors (Lipinski definition) is 6. The van der Waals surface area contributed by atoms with Gasteiger partial charge in [0.05, 0.1) is 6.10 Å². The van der Waals surface area contributed by atoms with Gasteiger partial charge in [-0.15, -0.1) is 0 Å². The number of phenols is 1. The largest absolute Gasteiger partial charge is 0.507 e. The second-order valence-corrected chi connectivity index (χ2v) is 6.32. The fourth-order valence-corrected chi connectivity index (χ4v) is 2.91. The third kappa shape index (κ3) is 3.49. The van der Waals surface area contributed by atoms with Gasteiger partial charge in [0.15, 0.2) is 12.4 Å². The average molecular weight is 324 g/mol. The fraction of sp³-hybridized carbons (Fsp3) is 0.588. The van der Waals surface area contributed by atoms with E-state index in [1.807, 2.05) is 0 Å². The molecule has 1 heterocycles. The summed E-state index contributed by atoms with van der Waals surface area (Å²) >= 11 is 0. The molecule has 0 bridgehead atoms. The van der Waals surface area contributed by atoms with Crippen molar-refractivity contribution in [2.75, 3.05) is 7.11 Å². The molecule has 4 atom stereocenters. The summed E-state index contributed by atoms with van der Waals surface area (Å²) in [6.45, 7) is 6.71. The number of phenolic OH excluding ortho intramolecular Hbond substituents is 1. The van der Waals surface area contributed by atoms with Crippen molar-refractivity contribution >= 4 is 5.97 Å². The van der Waals surface area contributed by atoms with Crippen molar-refractivity contribution in [1.29, 1.82) is 0 Å². The lowest BCUT2D eigenvalue weighted by Crippen LogP contribution is -2.56. The molecule has 0 saturated carbocycles. The van der Waals surface area contributed by atoms with E-state index in [1.54, 1.807) is 39.8 Å². The maximum absolute atomic E-state index is 12.5. The molecule has 2 rings (SSSR count).